The lowest BCUT2D eigenvalue weighted by molar-refractivity contribution is -0.891. The summed E-state index contributed by atoms with van der Waals surface area (Å²) in [6, 6.07) is 20.6. The lowest BCUT2D eigenvalue weighted by Gasteiger charge is -2.29. The molecule has 0 aromatic heterocycles. The third-order valence-electron chi connectivity index (χ3n) is 3.91. The monoisotopic (exact) mass is 441 g/mol. The van der Waals surface area contributed by atoms with Gasteiger partial charge in [0.15, 0.2) is 0 Å². The largest absolute Gasteiger partial charge is 1.00 e. The number of benzene rings is 2. The van der Waals surface area contributed by atoms with E-state index in [0.29, 0.717) is 13.2 Å². The Labute approximate surface area is 163 Å². The maximum atomic E-state index is 5.77. The van der Waals surface area contributed by atoms with Gasteiger partial charge in [0.25, 0.3) is 0 Å². The molecule has 2 aromatic rings. The normalized spacial score (nSPS) is 11.1. The molecule has 3 nitrogen and oxygen atoms in total. The SMILES string of the molecule is C[N+](C)(CCOCc1ccccc1)CCOCc1ccccc1.[I-]. The summed E-state index contributed by atoms with van der Waals surface area (Å²) in [4.78, 5) is 0. The Morgan fingerprint density at radius 3 is 1.42 bits per heavy atom. The molecule has 132 valence electrons. The van der Waals surface area contributed by atoms with E-state index in [0.717, 1.165) is 30.8 Å². The maximum absolute atomic E-state index is 5.77. The minimum Gasteiger partial charge on any atom is -1.00 e. The first kappa shape index (κ1) is 21.1. The van der Waals surface area contributed by atoms with E-state index in [4.69, 9.17) is 9.47 Å². The van der Waals surface area contributed by atoms with Gasteiger partial charge >= 0.3 is 0 Å². The van der Waals surface area contributed by atoms with Gasteiger partial charge in [0.2, 0.25) is 0 Å². The molecule has 0 atom stereocenters. The van der Waals surface area contributed by atoms with Crippen molar-refractivity contribution < 1.29 is 37.9 Å². The van der Waals surface area contributed by atoms with Crippen molar-refractivity contribution in [3.8, 4) is 0 Å². The first-order valence-corrected chi connectivity index (χ1v) is 8.21. The number of quaternary nitrogens is 1. The molecule has 0 aliphatic rings. The van der Waals surface area contributed by atoms with Crippen molar-refractivity contribution in [2.45, 2.75) is 13.2 Å². The topological polar surface area (TPSA) is 18.5 Å². The molecule has 0 aliphatic carbocycles. The molecule has 24 heavy (non-hydrogen) atoms. The van der Waals surface area contributed by atoms with Gasteiger partial charge in [-0.25, -0.2) is 0 Å². The Hall–Kier alpha value is -0.950. The highest BCUT2D eigenvalue weighted by Crippen LogP contribution is 2.04. The Morgan fingerprint density at radius 1 is 0.667 bits per heavy atom. The van der Waals surface area contributed by atoms with Gasteiger partial charge in [0, 0.05) is 0 Å². The number of ether oxygens (including phenoxy) is 2. The van der Waals surface area contributed by atoms with Crippen molar-refractivity contribution >= 4 is 0 Å². The number of hydrogen-bond donors (Lipinski definition) is 0. The van der Waals surface area contributed by atoms with Crippen molar-refractivity contribution in [3.63, 3.8) is 0 Å². The average molecular weight is 441 g/mol. The van der Waals surface area contributed by atoms with Crippen LogP contribution in [0.5, 0.6) is 0 Å². The number of halogens is 1. The van der Waals surface area contributed by atoms with Crippen LogP contribution < -0.4 is 24.0 Å². The highest BCUT2D eigenvalue weighted by atomic mass is 127. The fourth-order valence-electron chi connectivity index (χ4n) is 2.26. The third kappa shape index (κ3) is 8.78. The van der Waals surface area contributed by atoms with Crippen LogP contribution in [-0.2, 0) is 22.7 Å². The standard InChI is InChI=1S/C20H28NO2.HI/c1-21(2,13-15-22-17-19-9-5-3-6-10-19)14-16-23-18-20-11-7-4-8-12-20;/h3-12H,13-18H2,1-2H3;1H/q+1;/p-1. The molecule has 0 radical (unpaired) electrons. The Kier molecular flexibility index (Phi) is 10.2. The van der Waals surface area contributed by atoms with Crippen LogP contribution in [0.4, 0.5) is 0 Å². The van der Waals surface area contributed by atoms with E-state index in [2.05, 4.69) is 38.4 Å². The van der Waals surface area contributed by atoms with Crippen LogP contribution in [0.25, 0.3) is 0 Å². The van der Waals surface area contributed by atoms with Crippen molar-refractivity contribution in [2.24, 2.45) is 0 Å². The van der Waals surface area contributed by atoms with E-state index in [9.17, 15) is 0 Å². The highest BCUT2D eigenvalue weighted by Gasteiger charge is 2.14. The molecule has 0 unspecified atom stereocenters. The summed E-state index contributed by atoms with van der Waals surface area (Å²) in [7, 11) is 4.44. The number of rotatable bonds is 10. The van der Waals surface area contributed by atoms with Crippen molar-refractivity contribution in [1.29, 1.82) is 0 Å². The van der Waals surface area contributed by atoms with E-state index in [1.54, 1.807) is 0 Å². The third-order valence-corrected chi connectivity index (χ3v) is 3.91. The summed E-state index contributed by atoms with van der Waals surface area (Å²) in [6.07, 6.45) is 0. The number of hydrogen-bond acceptors (Lipinski definition) is 2. The predicted molar refractivity (Wildman–Crippen MR) is 94.0 cm³/mol. The molecule has 0 N–H and O–H groups in total. The Balaban J connectivity index is 0.00000288. The minimum atomic E-state index is 0. The van der Waals surface area contributed by atoms with Gasteiger partial charge in [0.05, 0.1) is 40.5 Å². The molecule has 4 heteroatoms. The molecule has 0 aliphatic heterocycles. The second-order valence-corrected chi connectivity index (χ2v) is 6.46. The van der Waals surface area contributed by atoms with E-state index in [1.165, 1.54) is 11.1 Å². The van der Waals surface area contributed by atoms with Gasteiger partial charge in [-0.3, -0.25) is 0 Å². The summed E-state index contributed by atoms with van der Waals surface area (Å²) in [6.45, 7) is 4.88. The zero-order valence-corrected chi connectivity index (χ0v) is 16.8. The second kappa shape index (κ2) is 11.6. The van der Waals surface area contributed by atoms with E-state index < -0.39 is 0 Å². The van der Waals surface area contributed by atoms with Gasteiger partial charge in [-0.2, -0.15) is 0 Å². The fraction of sp³-hybridized carbons (Fsp3) is 0.400. The molecule has 0 spiro atoms. The number of likely N-dealkylation sites (N-methyl/N-ethyl adjacent to an activating group) is 1. The van der Waals surface area contributed by atoms with Crippen LogP contribution >= 0.6 is 0 Å². The Bertz CT molecular complexity index is 497. The summed E-state index contributed by atoms with van der Waals surface area (Å²) in [5.74, 6) is 0. The van der Waals surface area contributed by atoms with Gasteiger partial charge < -0.3 is 37.9 Å². The molecule has 2 aromatic carbocycles. The van der Waals surface area contributed by atoms with Crippen LogP contribution in [-0.4, -0.2) is 44.9 Å². The summed E-state index contributed by atoms with van der Waals surface area (Å²) < 4.78 is 12.5. The first-order valence-electron chi connectivity index (χ1n) is 8.21. The highest BCUT2D eigenvalue weighted by molar-refractivity contribution is 5.14. The average Bonchev–Trinajstić information content (AvgIpc) is 2.58. The number of nitrogens with zero attached hydrogens (tertiary/aromatic N) is 1. The van der Waals surface area contributed by atoms with E-state index in [-0.39, 0.29) is 24.0 Å². The Morgan fingerprint density at radius 2 is 1.04 bits per heavy atom. The minimum absolute atomic E-state index is 0. The van der Waals surface area contributed by atoms with Crippen molar-refractivity contribution in [2.75, 3.05) is 40.4 Å². The molecule has 2 rings (SSSR count). The van der Waals surface area contributed by atoms with Gasteiger partial charge in [-0.05, 0) is 11.1 Å². The summed E-state index contributed by atoms with van der Waals surface area (Å²) >= 11 is 0. The van der Waals surface area contributed by atoms with Gasteiger partial charge in [0.1, 0.15) is 13.1 Å². The van der Waals surface area contributed by atoms with Crippen LogP contribution in [0, 0.1) is 0 Å². The van der Waals surface area contributed by atoms with Crippen LogP contribution in [0.15, 0.2) is 60.7 Å². The molecule has 0 saturated heterocycles. The maximum Gasteiger partial charge on any atom is 0.102 e. The summed E-state index contributed by atoms with van der Waals surface area (Å²) in [5, 5.41) is 0. The quantitative estimate of drug-likeness (QED) is 0.304. The summed E-state index contributed by atoms with van der Waals surface area (Å²) in [5.41, 5.74) is 2.45. The van der Waals surface area contributed by atoms with Crippen LogP contribution in [0.3, 0.4) is 0 Å². The second-order valence-electron chi connectivity index (χ2n) is 6.46. The molecule has 0 saturated carbocycles. The van der Waals surface area contributed by atoms with E-state index >= 15 is 0 Å². The van der Waals surface area contributed by atoms with Crippen molar-refractivity contribution in [1.82, 2.24) is 0 Å². The molecule has 0 heterocycles. The van der Waals surface area contributed by atoms with Crippen LogP contribution in [0.1, 0.15) is 11.1 Å². The molecule has 0 fully saturated rings. The fourth-order valence-corrected chi connectivity index (χ4v) is 2.26. The first-order chi connectivity index (χ1) is 11.2. The molecule has 0 amide bonds. The lowest BCUT2D eigenvalue weighted by Crippen LogP contribution is -3.00. The zero-order chi connectivity index (χ0) is 16.4. The molecule has 0 bridgehead atoms. The molecular formula is C20H28INO2. The lowest BCUT2D eigenvalue weighted by atomic mass is 10.2. The van der Waals surface area contributed by atoms with Gasteiger partial charge in [-0.1, -0.05) is 60.7 Å². The van der Waals surface area contributed by atoms with Gasteiger partial charge in [-0.15, -0.1) is 0 Å². The molecular weight excluding hydrogens is 413 g/mol. The van der Waals surface area contributed by atoms with E-state index in [1.807, 2.05) is 36.4 Å². The predicted octanol–water partition coefficient (Wildman–Crippen LogP) is 0.500. The van der Waals surface area contributed by atoms with Crippen LogP contribution in [0.2, 0.25) is 0 Å². The van der Waals surface area contributed by atoms with Crippen molar-refractivity contribution in [3.05, 3.63) is 71.8 Å². The smallest absolute Gasteiger partial charge is 0.102 e. The zero-order valence-electron chi connectivity index (χ0n) is 14.7.